The summed E-state index contributed by atoms with van der Waals surface area (Å²) in [6.07, 6.45) is 0.785. The Morgan fingerprint density at radius 3 is 2.08 bits per heavy atom. The molecule has 0 saturated carbocycles. The highest BCUT2D eigenvalue weighted by Crippen LogP contribution is 2.48. The molecule has 260 valence electrons. The molecule has 1 N–H and O–H groups in total. The third-order valence-electron chi connectivity index (χ3n) is 9.50. The fourth-order valence-corrected chi connectivity index (χ4v) is 18.1. The summed E-state index contributed by atoms with van der Waals surface area (Å²) in [7, 11) is -5.58. The molecule has 2 aliphatic heterocycles. The maximum absolute atomic E-state index is 13.7. The Morgan fingerprint density at radius 2 is 1.48 bits per heavy atom. The number of carbonyl (C=O) groups is 1. The summed E-state index contributed by atoms with van der Waals surface area (Å²) in [4.78, 5) is 31.1. The summed E-state index contributed by atoms with van der Waals surface area (Å²) < 4.78 is 35.6. The van der Waals surface area contributed by atoms with E-state index in [0.717, 1.165) is 5.56 Å². The molecule has 2 fully saturated rings. The number of benzene rings is 2. The standard InChI is InChI=1S/C36H51N3O7Si2/c1-24(2)47(25(3)4)43-23-32-31(45-48(46-47,26(5)6)27(7)8)19-33(44-32)39-20-30(22-42-21-28-15-11-9-12-16-28)34(38-36(39)41)37-35(40)29-17-13-10-14-18-29/h9-18,20,24-27,31-33H,19,21-23H2,1-8H3,(H,37,38,40,41)/t31-,32+,33+/m0/s1. The lowest BCUT2D eigenvalue weighted by Crippen LogP contribution is -2.65. The van der Waals surface area contributed by atoms with Crippen LogP contribution in [0.2, 0.25) is 22.2 Å². The molecule has 2 aromatic carbocycles. The summed E-state index contributed by atoms with van der Waals surface area (Å²) in [6.45, 7) is 18.3. The zero-order valence-corrected chi connectivity index (χ0v) is 31.5. The third kappa shape index (κ3) is 7.59. The number of hydrogen-bond donors (Lipinski definition) is 1. The molecule has 5 rings (SSSR count). The SMILES string of the molecule is CC(C)[Si]1(C(C)C)OC[C@H]2O[C@@H](n3cc(COCc4ccccc4)c(NC(=O)c4ccccc4)nc3=O)C[C@@H]2O[Si](C(C)C)(C(C)C)O1. The van der Waals surface area contributed by atoms with E-state index in [1.807, 2.05) is 36.4 Å². The lowest BCUT2D eigenvalue weighted by Gasteiger charge is -2.51. The summed E-state index contributed by atoms with van der Waals surface area (Å²) in [5, 5.41) is 2.83. The van der Waals surface area contributed by atoms with Crippen LogP contribution in [0.1, 0.15) is 89.5 Å². The number of ether oxygens (including phenoxy) is 2. The molecule has 10 nitrogen and oxygen atoms in total. The van der Waals surface area contributed by atoms with Crippen molar-refractivity contribution >= 4 is 28.8 Å². The molecule has 1 aromatic heterocycles. The van der Waals surface area contributed by atoms with E-state index in [-0.39, 0.29) is 52.7 Å². The van der Waals surface area contributed by atoms with Gasteiger partial charge in [0, 0.05) is 23.7 Å². The third-order valence-corrected chi connectivity index (χ3v) is 19.8. The molecule has 48 heavy (non-hydrogen) atoms. The minimum absolute atomic E-state index is 0.118. The largest absolute Gasteiger partial charge is 0.414 e. The fraction of sp³-hybridized carbons (Fsp3) is 0.528. The molecule has 2 saturated heterocycles. The number of rotatable bonds is 11. The Bertz CT molecular complexity index is 1570. The Labute approximate surface area is 286 Å². The van der Waals surface area contributed by atoms with E-state index in [1.54, 1.807) is 30.5 Å². The molecule has 2 aliphatic rings. The number of amides is 1. The first-order valence-electron chi connectivity index (χ1n) is 17.1. The van der Waals surface area contributed by atoms with Gasteiger partial charge in [0.05, 0.1) is 25.9 Å². The van der Waals surface area contributed by atoms with Crippen LogP contribution in [0.15, 0.2) is 71.7 Å². The van der Waals surface area contributed by atoms with Crippen molar-refractivity contribution in [2.45, 2.75) is 116 Å². The molecule has 12 heteroatoms. The molecular formula is C36H51N3O7Si2. The summed E-state index contributed by atoms with van der Waals surface area (Å²) in [6, 6.07) is 18.7. The van der Waals surface area contributed by atoms with E-state index in [2.05, 4.69) is 65.7 Å². The normalized spacial score (nSPS) is 22.1. The van der Waals surface area contributed by atoms with E-state index in [9.17, 15) is 9.59 Å². The van der Waals surface area contributed by atoms with E-state index < -0.39 is 29.0 Å². The number of carbonyl (C=O) groups excluding carboxylic acids is 1. The molecule has 3 aromatic rings. The first kappa shape index (κ1) is 36.3. The van der Waals surface area contributed by atoms with Gasteiger partial charge in [0.2, 0.25) is 0 Å². The van der Waals surface area contributed by atoms with Crippen molar-refractivity contribution in [2.75, 3.05) is 11.9 Å². The van der Waals surface area contributed by atoms with Crippen LogP contribution in [0.4, 0.5) is 5.82 Å². The van der Waals surface area contributed by atoms with Crippen LogP contribution in [0, 0.1) is 0 Å². The Balaban J connectivity index is 1.46. The predicted octanol–water partition coefficient (Wildman–Crippen LogP) is 7.46. The number of hydrogen-bond acceptors (Lipinski definition) is 8. The number of anilines is 1. The first-order chi connectivity index (χ1) is 22.9. The van der Waals surface area contributed by atoms with Gasteiger partial charge in [-0.2, -0.15) is 4.98 Å². The Morgan fingerprint density at radius 1 is 0.875 bits per heavy atom. The Hall–Kier alpha value is -2.98. The summed E-state index contributed by atoms with van der Waals surface area (Å²) in [5.74, 6) is -0.205. The van der Waals surface area contributed by atoms with Crippen molar-refractivity contribution in [3.8, 4) is 0 Å². The highest BCUT2D eigenvalue weighted by atomic mass is 28.5. The van der Waals surface area contributed by atoms with Crippen molar-refractivity contribution in [3.05, 3.63) is 94.0 Å². The van der Waals surface area contributed by atoms with E-state index in [0.29, 0.717) is 30.8 Å². The average molecular weight is 694 g/mol. The molecule has 1 amide bonds. The van der Waals surface area contributed by atoms with Gasteiger partial charge in [-0.05, 0) is 39.9 Å². The highest BCUT2D eigenvalue weighted by molar-refractivity contribution is 6.84. The second kappa shape index (κ2) is 15.3. The number of aromatic nitrogens is 2. The van der Waals surface area contributed by atoms with Crippen LogP contribution in [0.5, 0.6) is 0 Å². The number of fused-ring (bicyclic) bond motifs is 1. The quantitative estimate of drug-likeness (QED) is 0.206. The molecular weight excluding hydrogens is 643 g/mol. The second-order valence-electron chi connectivity index (χ2n) is 14.1. The number of nitrogens with one attached hydrogen (secondary N) is 1. The maximum atomic E-state index is 13.7. The topological polar surface area (TPSA) is 110 Å². The number of nitrogens with zero attached hydrogens (tertiary/aromatic N) is 2. The fourth-order valence-electron chi connectivity index (χ4n) is 6.86. The van der Waals surface area contributed by atoms with Crippen molar-refractivity contribution in [2.24, 2.45) is 0 Å². The van der Waals surface area contributed by atoms with Gasteiger partial charge in [-0.15, -0.1) is 0 Å². The highest BCUT2D eigenvalue weighted by Gasteiger charge is 2.60. The zero-order valence-electron chi connectivity index (χ0n) is 29.5. The van der Waals surface area contributed by atoms with Gasteiger partial charge in [-0.1, -0.05) is 104 Å². The van der Waals surface area contributed by atoms with Crippen molar-refractivity contribution < 1.29 is 27.2 Å². The Kier molecular flexibility index (Phi) is 11.6. The zero-order chi connectivity index (χ0) is 34.6. The first-order valence-corrected chi connectivity index (χ1v) is 21.1. The summed E-state index contributed by atoms with van der Waals surface area (Å²) in [5.41, 5.74) is 2.26. The minimum Gasteiger partial charge on any atom is -0.414 e. The van der Waals surface area contributed by atoms with Crippen LogP contribution in [0.3, 0.4) is 0 Å². The van der Waals surface area contributed by atoms with Crippen molar-refractivity contribution in [1.82, 2.24) is 9.55 Å². The van der Waals surface area contributed by atoms with E-state index >= 15 is 0 Å². The molecule has 0 aliphatic carbocycles. The van der Waals surface area contributed by atoms with Crippen molar-refractivity contribution in [3.63, 3.8) is 0 Å². The molecule has 0 spiro atoms. The van der Waals surface area contributed by atoms with E-state index in [1.165, 1.54) is 4.57 Å². The van der Waals surface area contributed by atoms with Gasteiger partial charge >= 0.3 is 22.8 Å². The molecule has 3 heterocycles. The predicted molar refractivity (Wildman–Crippen MR) is 190 cm³/mol. The molecule has 0 radical (unpaired) electrons. The molecule has 3 atom stereocenters. The lowest BCUT2D eigenvalue weighted by molar-refractivity contribution is -0.0567. The van der Waals surface area contributed by atoms with Gasteiger partial charge in [0.15, 0.2) is 0 Å². The van der Waals surface area contributed by atoms with E-state index in [4.69, 9.17) is 22.4 Å². The second-order valence-corrected chi connectivity index (χ2v) is 22.9. The van der Waals surface area contributed by atoms with Gasteiger partial charge in [0.1, 0.15) is 18.1 Å². The van der Waals surface area contributed by atoms with Crippen LogP contribution in [0.25, 0.3) is 0 Å². The van der Waals surface area contributed by atoms with Gasteiger partial charge in [-0.3, -0.25) is 9.36 Å². The lowest BCUT2D eigenvalue weighted by atomic mass is 10.2. The molecule has 0 bridgehead atoms. The average Bonchev–Trinajstić information content (AvgIpc) is 3.43. The minimum atomic E-state index is -2.85. The van der Waals surface area contributed by atoms with Crippen molar-refractivity contribution in [1.29, 1.82) is 0 Å². The monoisotopic (exact) mass is 693 g/mol. The smallest absolute Gasteiger partial charge is 0.351 e. The molecule has 0 unspecified atom stereocenters. The van der Waals surface area contributed by atoms with Gasteiger partial charge in [-0.25, -0.2) is 4.79 Å². The van der Waals surface area contributed by atoms with Crippen LogP contribution >= 0.6 is 0 Å². The van der Waals surface area contributed by atoms with Crippen LogP contribution in [-0.4, -0.2) is 51.4 Å². The van der Waals surface area contributed by atoms with Crippen LogP contribution in [-0.2, 0) is 35.7 Å². The van der Waals surface area contributed by atoms with Gasteiger partial charge < -0.3 is 27.8 Å². The van der Waals surface area contributed by atoms with Gasteiger partial charge in [0.25, 0.3) is 5.91 Å². The maximum Gasteiger partial charge on any atom is 0.351 e. The summed E-state index contributed by atoms with van der Waals surface area (Å²) >= 11 is 0. The van der Waals surface area contributed by atoms with Crippen LogP contribution < -0.4 is 11.0 Å².